The van der Waals surface area contributed by atoms with Gasteiger partial charge in [-0.1, -0.05) is 72.3 Å². The van der Waals surface area contributed by atoms with Crippen molar-refractivity contribution < 1.29 is 4.39 Å². The maximum atomic E-state index is 15.3. The molecule has 0 aliphatic carbocycles. The summed E-state index contributed by atoms with van der Waals surface area (Å²) >= 11 is 6.20. The number of aromatic nitrogens is 2. The number of nitrogens with one attached hydrogen (secondary N) is 1. The molecular weight excluding hydrogens is 403 g/mol. The molecule has 0 fully saturated rings. The summed E-state index contributed by atoms with van der Waals surface area (Å²) in [7, 11) is 0. The quantitative estimate of drug-likeness (QED) is 0.425. The number of nitrogens with zero attached hydrogens (tertiary/aromatic N) is 1. The van der Waals surface area contributed by atoms with Gasteiger partial charge in [0.25, 0.3) is 5.56 Å². The molecule has 30 heavy (non-hydrogen) atoms. The highest BCUT2D eigenvalue weighted by Gasteiger charge is 2.18. The Bertz CT molecular complexity index is 1560. The Kier molecular flexibility index (Phi) is 4.26. The summed E-state index contributed by atoms with van der Waals surface area (Å²) in [5, 5.41) is 2.10. The van der Waals surface area contributed by atoms with E-state index in [1.807, 2.05) is 30.3 Å². The van der Waals surface area contributed by atoms with Crippen LogP contribution in [0.1, 0.15) is 0 Å². The number of hydrogen-bond donors (Lipinski definition) is 1. The number of fused-ring (bicyclic) bond motifs is 2. The van der Waals surface area contributed by atoms with E-state index in [0.29, 0.717) is 16.3 Å². The van der Waals surface area contributed by atoms with Crippen molar-refractivity contribution in [1.82, 2.24) is 9.55 Å². The Morgan fingerprint density at radius 1 is 0.767 bits per heavy atom. The molecule has 0 saturated carbocycles. The molecule has 1 aromatic heterocycles. The van der Waals surface area contributed by atoms with Gasteiger partial charge < -0.3 is 4.98 Å². The van der Waals surface area contributed by atoms with Gasteiger partial charge in [0, 0.05) is 21.5 Å². The first kappa shape index (κ1) is 18.3. The summed E-state index contributed by atoms with van der Waals surface area (Å²) in [6.45, 7) is 0. The molecule has 146 valence electrons. The minimum atomic E-state index is -0.709. The SMILES string of the molecule is O=c1[nH]c2c(F)c(-c3ccccc3Cl)ccc2c(=O)n1-c1cccc2ccccc12. The third-order valence-electron chi connectivity index (χ3n) is 5.18. The standard InChI is InChI=1S/C24H14ClFN2O2/c25-19-10-4-3-9-16(19)17-12-13-18-22(21(17)26)27-24(30)28(23(18)29)20-11-5-7-14-6-1-2-8-15(14)20/h1-13H,(H,27,30). The second kappa shape index (κ2) is 6.97. The van der Waals surface area contributed by atoms with E-state index in [1.54, 1.807) is 36.4 Å². The van der Waals surface area contributed by atoms with E-state index < -0.39 is 17.1 Å². The zero-order chi connectivity index (χ0) is 20.8. The molecular formula is C24H14ClFN2O2. The van der Waals surface area contributed by atoms with E-state index >= 15 is 4.39 Å². The van der Waals surface area contributed by atoms with Gasteiger partial charge in [-0.25, -0.2) is 13.8 Å². The minimum absolute atomic E-state index is 0.0795. The van der Waals surface area contributed by atoms with Crippen molar-refractivity contribution in [3.8, 4) is 16.8 Å². The lowest BCUT2D eigenvalue weighted by molar-refractivity contribution is 0.638. The van der Waals surface area contributed by atoms with E-state index in [1.165, 1.54) is 12.1 Å². The van der Waals surface area contributed by atoms with E-state index in [4.69, 9.17) is 11.6 Å². The Balaban J connectivity index is 1.82. The highest BCUT2D eigenvalue weighted by molar-refractivity contribution is 6.33. The van der Waals surface area contributed by atoms with Crippen LogP contribution in [0.15, 0.2) is 88.5 Å². The number of halogens is 2. The highest BCUT2D eigenvalue weighted by Crippen LogP contribution is 2.32. The Morgan fingerprint density at radius 2 is 1.50 bits per heavy atom. The number of aromatic amines is 1. The number of rotatable bonds is 2. The largest absolute Gasteiger partial charge is 0.333 e. The molecule has 0 aliphatic heterocycles. The first-order valence-electron chi connectivity index (χ1n) is 9.27. The predicted octanol–water partition coefficient (Wildman–Crippen LogP) is 5.29. The molecule has 1 heterocycles. The van der Waals surface area contributed by atoms with E-state index in [2.05, 4.69) is 4.98 Å². The normalized spacial score (nSPS) is 11.3. The fourth-order valence-corrected chi connectivity index (χ4v) is 4.00. The zero-order valence-electron chi connectivity index (χ0n) is 15.5. The van der Waals surface area contributed by atoms with Crippen molar-refractivity contribution >= 4 is 33.3 Å². The molecule has 0 unspecified atom stereocenters. The molecule has 0 aliphatic rings. The van der Waals surface area contributed by atoms with Gasteiger partial charge in [0.1, 0.15) is 0 Å². The maximum absolute atomic E-state index is 15.3. The Hall–Kier alpha value is -3.70. The summed E-state index contributed by atoms with van der Waals surface area (Å²) in [6.07, 6.45) is 0. The van der Waals surface area contributed by atoms with Crippen LogP contribution in [0.4, 0.5) is 4.39 Å². The number of benzene rings is 4. The van der Waals surface area contributed by atoms with Crippen LogP contribution in [0.25, 0.3) is 38.5 Å². The van der Waals surface area contributed by atoms with Gasteiger partial charge in [-0.15, -0.1) is 0 Å². The fourth-order valence-electron chi connectivity index (χ4n) is 3.76. The van der Waals surface area contributed by atoms with Crippen LogP contribution in [-0.4, -0.2) is 9.55 Å². The molecule has 0 radical (unpaired) electrons. The Labute approximate surface area is 174 Å². The van der Waals surface area contributed by atoms with Crippen LogP contribution in [-0.2, 0) is 0 Å². The molecule has 6 heteroatoms. The average molecular weight is 417 g/mol. The van der Waals surface area contributed by atoms with Crippen molar-refractivity contribution in [2.45, 2.75) is 0 Å². The fraction of sp³-hybridized carbons (Fsp3) is 0. The van der Waals surface area contributed by atoms with Crippen molar-refractivity contribution in [1.29, 1.82) is 0 Å². The molecule has 0 spiro atoms. The molecule has 0 saturated heterocycles. The van der Waals surface area contributed by atoms with Gasteiger partial charge in [0.15, 0.2) is 5.82 Å². The highest BCUT2D eigenvalue weighted by atomic mass is 35.5. The molecule has 0 atom stereocenters. The van der Waals surface area contributed by atoms with E-state index in [0.717, 1.165) is 15.3 Å². The zero-order valence-corrected chi connectivity index (χ0v) is 16.3. The lowest BCUT2D eigenvalue weighted by Crippen LogP contribution is -2.34. The van der Waals surface area contributed by atoms with Crippen LogP contribution in [0.3, 0.4) is 0 Å². The monoisotopic (exact) mass is 416 g/mol. The van der Waals surface area contributed by atoms with Crippen molar-refractivity contribution in [2.75, 3.05) is 0 Å². The molecule has 5 rings (SSSR count). The Morgan fingerprint density at radius 3 is 2.33 bits per heavy atom. The van der Waals surface area contributed by atoms with Crippen molar-refractivity contribution in [3.63, 3.8) is 0 Å². The minimum Gasteiger partial charge on any atom is -0.304 e. The lowest BCUT2D eigenvalue weighted by Gasteiger charge is -2.12. The summed E-state index contributed by atoms with van der Waals surface area (Å²) < 4.78 is 16.3. The van der Waals surface area contributed by atoms with Gasteiger partial charge >= 0.3 is 5.69 Å². The molecule has 1 N–H and O–H groups in total. The third kappa shape index (κ3) is 2.75. The maximum Gasteiger partial charge on any atom is 0.333 e. The van der Waals surface area contributed by atoms with Crippen LogP contribution in [0.2, 0.25) is 5.02 Å². The van der Waals surface area contributed by atoms with E-state index in [-0.39, 0.29) is 16.5 Å². The van der Waals surface area contributed by atoms with Gasteiger partial charge in [0.2, 0.25) is 0 Å². The first-order valence-corrected chi connectivity index (χ1v) is 9.64. The number of hydrogen-bond acceptors (Lipinski definition) is 2. The van der Waals surface area contributed by atoms with Crippen LogP contribution >= 0.6 is 11.6 Å². The summed E-state index contributed by atoms with van der Waals surface area (Å²) in [6, 6.07) is 22.7. The summed E-state index contributed by atoms with van der Waals surface area (Å²) in [5.41, 5.74) is -0.298. The molecule has 0 amide bonds. The molecule has 5 aromatic rings. The third-order valence-corrected chi connectivity index (χ3v) is 5.51. The van der Waals surface area contributed by atoms with Crippen LogP contribution in [0, 0.1) is 5.82 Å². The summed E-state index contributed by atoms with van der Waals surface area (Å²) in [5.74, 6) is -0.695. The van der Waals surface area contributed by atoms with Crippen LogP contribution < -0.4 is 11.2 Å². The molecule has 0 bridgehead atoms. The van der Waals surface area contributed by atoms with Gasteiger partial charge in [-0.05, 0) is 23.6 Å². The summed E-state index contributed by atoms with van der Waals surface area (Å²) in [4.78, 5) is 28.6. The predicted molar refractivity (Wildman–Crippen MR) is 118 cm³/mol. The van der Waals surface area contributed by atoms with E-state index in [9.17, 15) is 9.59 Å². The second-order valence-electron chi connectivity index (χ2n) is 6.90. The van der Waals surface area contributed by atoms with Gasteiger partial charge in [0.05, 0.1) is 16.6 Å². The molecule has 4 aromatic carbocycles. The number of H-pyrrole nitrogens is 1. The smallest absolute Gasteiger partial charge is 0.304 e. The van der Waals surface area contributed by atoms with Gasteiger partial charge in [-0.2, -0.15) is 0 Å². The van der Waals surface area contributed by atoms with Crippen molar-refractivity contribution in [3.05, 3.63) is 111 Å². The topological polar surface area (TPSA) is 54.9 Å². The average Bonchev–Trinajstić information content (AvgIpc) is 2.75. The first-order chi connectivity index (χ1) is 14.6. The molecule has 4 nitrogen and oxygen atoms in total. The van der Waals surface area contributed by atoms with Gasteiger partial charge in [-0.3, -0.25) is 4.79 Å². The lowest BCUT2D eigenvalue weighted by atomic mass is 10.0. The van der Waals surface area contributed by atoms with Crippen LogP contribution in [0.5, 0.6) is 0 Å². The van der Waals surface area contributed by atoms with Crippen molar-refractivity contribution in [2.24, 2.45) is 0 Å². The second-order valence-corrected chi connectivity index (χ2v) is 7.31.